The van der Waals surface area contributed by atoms with Crippen LogP contribution in [0.1, 0.15) is 37.6 Å². The summed E-state index contributed by atoms with van der Waals surface area (Å²) in [5, 5.41) is 7.22. The van der Waals surface area contributed by atoms with E-state index in [2.05, 4.69) is 57.8 Å². The summed E-state index contributed by atoms with van der Waals surface area (Å²) in [7, 11) is 0. The summed E-state index contributed by atoms with van der Waals surface area (Å²) < 4.78 is 4.56. The van der Waals surface area contributed by atoms with Crippen LogP contribution in [0.3, 0.4) is 0 Å². The first-order chi connectivity index (χ1) is 9.93. The van der Waals surface area contributed by atoms with Crippen LogP contribution in [-0.4, -0.2) is 20.3 Å². The van der Waals surface area contributed by atoms with Gasteiger partial charge >= 0.3 is 0 Å². The second-order valence-electron chi connectivity index (χ2n) is 6.08. The number of rotatable bonds is 2. The van der Waals surface area contributed by atoms with Crippen LogP contribution < -0.4 is 5.56 Å². The molecule has 2 heterocycles. The molecule has 1 N–H and O–H groups in total. The van der Waals surface area contributed by atoms with Gasteiger partial charge in [-0.1, -0.05) is 45.0 Å². The van der Waals surface area contributed by atoms with E-state index >= 15 is 0 Å². The molecular weight excluding hydrogens is 268 g/mol. The minimum Gasteiger partial charge on any atom is -0.299 e. The Kier molecular flexibility index (Phi) is 3.08. The van der Waals surface area contributed by atoms with E-state index < -0.39 is 0 Å². The van der Waals surface area contributed by atoms with Crippen LogP contribution in [-0.2, 0) is 11.8 Å². The number of H-pyrrole nitrogens is 1. The van der Waals surface area contributed by atoms with Gasteiger partial charge in [-0.2, -0.15) is 0 Å². The molecule has 3 rings (SSSR count). The van der Waals surface area contributed by atoms with Crippen molar-refractivity contribution in [2.24, 2.45) is 0 Å². The normalized spacial score (nSPS) is 12.0. The molecule has 0 aliphatic carbocycles. The number of aromatic nitrogens is 4. The second kappa shape index (κ2) is 4.80. The molecule has 0 saturated carbocycles. The maximum absolute atomic E-state index is 12.0. The Morgan fingerprint density at radius 1 is 1.24 bits per heavy atom. The molecule has 2 aromatic heterocycles. The van der Waals surface area contributed by atoms with Gasteiger partial charge in [0.05, 0.1) is 0 Å². The summed E-state index contributed by atoms with van der Waals surface area (Å²) in [6.45, 7) is 6.47. The molecule has 0 bridgehead atoms. The molecule has 0 amide bonds. The first-order valence-corrected chi connectivity index (χ1v) is 6.74. The van der Waals surface area contributed by atoms with Gasteiger partial charge in [0.2, 0.25) is 11.3 Å². The first kappa shape index (κ1) is 13.5. The van der Waals surface area contributed by atoms with E-state index in [4.69, 9.17) is 0 Å². The molecule has 0 aliphatic rings. The van der Waals surface area contributed by atoms with Crippen LogP contribution in [0.2, 0.25) is 0 Å². The highest BCUT2D eigenvalue weighted by molar-refractivity contribution is 5.62. The van der Waals surface area contributed by atoms with E-state index in [0.717, 1.165) is 5.56 Å². The van der Waals surface area contributed by atoms with E-state index in [0.29, 0.717) is 17.8 Å². The quantitative estimate of drug-likeness (QED) is 0.779. The van der Waals surface area contributed by atoms with Crippen molar-refractivity contribution in [2.45, 2.75) is 32.6 Å². The summed E-state index contributed by atoms with van der Waals surface area (Å²) >= 11 is 0. The van der Waals surface area contributed by atoms with E-state index in [1.165, 1.54) is 5.56 Å². The van der Waals surface area contributed by atoms with Crippen molar-refractivity contribution in [1.82, 2.24) is 20.3 Å². The zero-order valence-electron chi connectivity index (χ0n) is 12.2. The van der Waals surface area contributed by atoms with Gasteiger partial charge in [0.1, 0.15) is 5.69 Å². The summed E-state index contributed by atoms with van der Waals surface area (Å²) in [4.78, 5) is 18.8. The van der Waals surface area contributed by atoms with Crippen molar-refractivity contribution >= 4 is 11.3 Å². The average molecular weight is 284 g/mol. The van der Waals surface area contributed by atoms with Crippen molar-refractivity contribution in [3.05, 3.63) is 51.4 Å². The van der Waals surface area contributed by atoms with Crippen LogP contribution in [0.15, 0.2) is 33.7 Å². The fraction of sp³-hybridized carbons (Fsp3) is 0.333. The summed E-state index contributed by atoms with van der Waals surface area (Å²) in [6.07, 6.45) is 0.446. The maximum atomic E-state index is 12.0. The van der Waals surface area contributed by atoms with Crippen molar-refractivity contribution in [2.75, 3.05) is 0 Å². The predicted octanol–water partition coefficient (Wildman–Crippen LogP) is 2.19. The van der Waals surface area contributed by atoms with Gasteiger partial charge < -0.3 is 0 Å². The number of nitrogens with zero attached hydrogens (tertiary/aromatic N) is 3. The summed E-state index contributed by atoms with van der Waals surface area (Å²) in [6, 6.07) is 8.18. The molecule has 0 spiro atoms. The van der Waals surface area contributed by atoms with E-state index in [1.54, 1.807) is 0 Å². The predicted molar refractivity (Wildman–Crippen MR) is 78.2 cm³/mol. The third-order valence-electron chi connectivity index (χ3n) is 3.37. The lowest BCUT2D eigenvalue weighted by Gasteiger charge is -2.19. The number of hydrogen-bond donors (Lipinski definition) is 1. The SMILES string of the molecule is CC(C)(C)c1cccc(Cc2nc3nonc3[nH]c2=O)c1. The number of fused-ring (bicyclic) bond motifs is 1. The molecule has 0 unspecified atom stereocenters. The van der Waals surface area contributed by atoms with E-state index in [1.807, 2.05) is 12.1 Å². The minimum atomic E-state index is -0.264. The van der Waals surface area contributed by atoms with Gasteiger partial charge in [-0.3, -0.25) is 9.78 Å². The maximum Gasteiger partial charge on any atom is 0.271 e. The van der Waals surface area contributed by atoms with Crippen molar-refractivity contribution in [1.29, 1.82) is 0 Å². The lowest BCUT2D eigenvalue weighted by atomic mass is 9.86. The highest BCUT2D eigenvalue weighted by atomic mass is 16.6. The number of nitrogens with one attached hydrogen (secondary N) is 1. The Balaban J connectivity index is 1.98. The zero-order valence-corrected chi connectivity index (χ0v) is 12.2. The van der Waals surface area contributed by atoms with Crippen molar-refractivity contribution < 1.29 is 4.63 Å². The molecule has 6 nitrogen and oxygen atoms in total. The van der Waals surface area contributed by atoms with Crippen LogP contribution in [0.4, 0.5) is 0 Å². The van der Waals surface area contributed by atoms with Gasteiger partial charge in [-0.15, -0.1) is 0 Å². The van der Waals surface area contributed by atoms with Crippen LogP contribution in [0, 0.1) is 0 Å². The Morgan fingerprint density at radius 2 is 2.05 bits per heavy atom. The molecule has 1 aromatic carbocycles. The Labute approximate surface area is 121 Å². The third-order valence-corrected chi connectivity index (χ3v) is 3.37. The molecule has 6 heteroatoms. The summed E-state index contributed by atoms with van der Waals surface area (Å²) in [5.41, 5.74) is 3.06. The number of hydrogen-bond acceptors (Lipinski definition) is 5. The lowest BCUT2D eigenvalue weighted by Crippen LogP contribution is -2.16. The first-order valence-electron chi connectivity index (χ1n) is 6.74. The largest absolute Gasteiger partial charge is 0.299 e. The standard InChI is InChI=1S/C15H16N4O2/c1-15(2,3)10-6-4-5-9(7-10)8-11-14(20)17-13-12(16-11)18-21-19-13/h4-7H,8H2,1-3H3,(H,17,19,20). The average Bonchev–Trinajstić information content (AvgIpc) is 2.85. The molecule has 0 saturated heterocycles. The Hall–Kier alpha value is -2.50. The van der Waals surface area contributed by atoms with Gasteiger partial charge in [0.15, 0.2) is 0 Å². The van der Waals surface area contributed by atoms with Crippen LogP contribution in [0.5, 0.6) is 0 Å². The molecule has 0 fully saturated rings. The van der Waals surface area contributed by atoms with Gasteiger partial charge in [0, 0.05) is 6.42 Å². The topological polar surface area (TPSA) is 84.7 Å². The van der Waals surface area contributed by atoms with E-state index in [-0.39, 0.29) is 16.6 Å². The highest BCUT2D eigenvalue weighted by Crippen LogP contribution is 2.23. The monoisotopic (exact) mass is 284 g/mol. The zero-order chi connectivity index (χ0) is 15.0. The fourth-order valence-electron chi connectivity index (χ4n) is 2.16. The number of aromatic amines is 1. The molecule has 21 heavy (non-hydrogen) atoms. The Bertz CT molecular complexity index is 842. The number of benzene rings is 1. The highest BCUT2D eigenvalue weighted by Gasteiger charge is 2.15. The molecule has 0 radical (unpaired) electrons. The second-order valence-corrected chi connectivity index (χ2v) is 6.08. The molecule has 3 aromatic rings. The van der Waals surface area contributed by atoms with Crippen molar-refractivity contribution in [3.63, 3.8) is 0 Å². The van der Waals surface area contributed by atoms with E-state index in [9.17, 15) is 4.79 Å². The van der Waals surface area contributed by atoms with Gasteiger partial charge in [-0.05, 0) is 26.9 Å². The van der Waals surface area contributed by atoms with Crippen LogP contribution >= 0.6 is 0 Å². The molecular formula is C15H16N4O2. The van der Waals surface area contributed by atoms with Crippen molar-refractivity contribution in [3.8, 4) is 0 Å². The van der Waals surface area contributed by atoms with Gasteiger partial charge in [-0.25, -0.2) is 9.61 Å². The van der Waals surface area contributed by atoms with Gasteiger partial charge in [0.25, 0.3) is 5.56 Å². The fourth-order valence-corrected chi connectivity index (χ4v) is 2.16. The lowest BCUT2D eigenvalue weighted by molar-refractivity contribution is 0.314. The molecule has 0 aliphatic heterocycles. The molecule has 108 valence electrons. The Morgan fingerprint density at radius 3 is 2.81 bits per heavy atom. The third kappa shape index (κ3) is 2.69. The van der Waals surface area contributed by atoms with Crippen LogP contribution in [0.25, 0.3) is 11.3 Å². The molecule has 0 atom stereocenters. The smallest absolute Gasteiger partial charge is 0.271 e. The minimum absolute atomic E-state index is 0.0653. The summed E-state index contributed by atoms with van der Waals surface area (Å²) in [5.74, 6) is 0.